The summed E-state index contributed by atoms with van der Waals surface area (Å²) >= 11 is 0. The molecule has 1 N–H and O–H groups in total. The number of hydrogen-bond acceptors (Lipinski definition) is 5. The number of halogens is 2. The minimum Gasteiger partial charge on any atom is -0.434 e. The highest BCUT2D eigenvalue weighted by atomic mass is 19.3. The summed E-state index contributed by atoms with van der Waals surface area (Å²) in [7, 11) is 0. The number of aryl methyl sites for hydroxylation is 1. The molecule has 2 aromatic carbocycles. The molecule has 6 nitrogen and oxygen atoms in total. The van der Waals surface area contributed by atoms with Gasteiger partial charge in [-0.2, -0.15) is 13.8 Å². The number of rotatable bonds is 6. The summed E-state index contributed by atoms with van der Waals surface area (Å²) in [6.07, 6.45) is 2.10. The molecule has 8 heteroatoms. The van der Waals surface area contributed by atoms with Gasteiger partial charge in [0.2, 0.25) is 11.7 Å². The summed E-state index contributed by atoms with van der Waals surface area (Å²) in [6.45, 7) is 1.62. The van der Waals surface area contributed by atoms with Gasteiger partial charge in [-0.3, -0.25) is 4.90 Å². The third-order valence-corrected chi connectivity index (χ3v) is 6.11. The van der Waals surface area contributed by atoms with E-state index in [-0.39, 0.29) is 11.6 Å². The lowest BCUT2D eigenvalue weighted by Gasteiger charge is -2.31. The van der Waals surface area contributed by atoms with E-state index in [0.29, 0.717) is 23.9 Å². The number of benzene rings is 2. The van der Waals surface area contributed by atoms with Crippen LogP contribution < -0.4 is 4.74 Å². The lowest BCUT2D eigenvalue weighted by Crippen LogP contribution is -2.32. The fourth-order valence-electron chi connectivity index (χ4n) is 4.67. The average molecular weight is 438 g/mol. The molecule has 0 saturated carbocycles. The Morgan fingerprint density at radius 1 is 1.12 bits per heavy atom. The lowest BCUT2D eigenvalue weighted by atomic mass is 9.87. The van der Waals surface area contributed by atoms with Crippen LogP contribution in [-0.4, -0.2) is 39.7 Å². The molecule has 0 amide bonds. The highest BCUT2D eigenvalue weighted by Gasteiger charge is 2.26. The van der Waals surface area contributed by atoms with Crippen LogP contribution in [0.3, 0.4) is 0 Å². The van der Waals surface area contributed by atoms with E-state index in [2.05, 4.69) is 56.0 Å². The number of hydrogen-bond donors (Lipinski definition) is 1. The highest BCUT2D eigenvalue weighted by molar-refractivity contribution is 5.85. The average Bonchev–Trinajstić information content (AvgIpc) is 3.38. The van der Waals surface area contributed by atoms with E-state index >= 15 is 0 Å². The van der Waals surface area contributed by atoms with E-state index in [1.54, 1.807) is 18.2 Å². The van der Waals surface area contributed by atoms with Gasteiger partial charge in [-0.05, 0) is 62.5 Å². The molecule has 2 aromatic heterocycles. The molecule has 5 rings (SSSR count). The summed E-state index contributed by atoms with van der Waals surface area (Å²) in [5.41, 5.74) is 4.25. The lowest BCUT2D eigenvalue weighted by molar-refractivity contribution is -0.0494. The summed E-state index contributed by atoms with van der Waals surface area (Å²) in [6, 6.07) is 14.9. The number of aromatic nitrogens is 3. The Bertz CT molecular complexity index is 1210. The van der Waals surface area contributed by atoms with Crippen LogP contribution in [-0.2, 0) is 6.54 Å². The first-order chi connectivity index (χ1) is 15.6. The fraction of sp³-hybridized carbons (Fsp3) is 0.333. The summed E-state index contributed by atoms with van der Waals surface area (Å²) in [5.74, 6) is 1.26. The van der Waals surface area contributed by atoms with Gasteiger partial charge < -0.3 is 14.2 Å². The van der Waals surface area contributed by atoms with Crippen molar-refractivity contribution in [2.45, 2.75) is 38.8 Å². The number of piperidine rings is 1. The van der Waals surface area contributed by atoms with Crippen molar-refractivity contribution in [3.8, 4) is 17.1 Å². The summed E-state index contributed by atoms with van der Waals surface area (Å²) in [4.78, 5) is 10.2. The molecule has 1 aliphatic heterocycles. The number of fused-ring (bicyclic) bond motifs is 1. The zero-order chi connectivity index (χ0) is 22.1. The molecule has 0 atom stereocenters. The fourth-order valence-corrected chi connectivity index (χ4v) is 4.67. The van der Waals surface area contributed by atoms with Crippen molar-refractivity contribution >= 4 is 10.9 Å². The number of aromatic amines is 1. The second-order valence-electron chi connectivity index (χ2n) is 8.15. The molecular formula is C24H24F2N4O2. The Labute approximate surface area is 184 Å². The number of nitrogens with zero attached hydrogens (tertiary/aromatic N) is 3. The van der Waals surface area contributed by atoms with Gasteiger partial charge in [0.15, 0.2) is 0 Å². The molecule has 0 aliphatic carbocycles. The number of ether oxygens (including phenoxy) is 1. The topological polar surface area (TPSA) is 67.2 Å². The molecule has 1 fully saturated rings. The molecular weight excluding hydrogens is 414 g/mol. The van der Waals surface area contributed by atoms with Crippen molar-refractivity contribution < 1.29 is 18.0 Å². The molecule has 0 spiro atoms. The first-order valence-corrected chi connectivity index (χ1v) is 10.7. The Hall–Kier alpha value is -3.26. The number of alkyl halides is 2. The van der Waals surface area contributed by atoms with Crippen molar-refractivity contribution in [1.29, 1.82) is 0 Å². The van der Waals surface area contributed by atoms with E-state index in [4.69, 9.17) is 4.52 Å². The van der Waals surface area contributed by atoms with Crippen LogP contribution in [0, 0.1) is 6.92 Å². The predicted molar refractivity (Wildman–Crippen MR) is 117 cm³/mol. The van der Waals surface area contributed by atoms with Gasteiger partial charge >= 0.3 is 6.61 Å². The van der Waals surface area contributed by atoms with Crippen molar-refractivity contribution in [1.82, 2.24) is 20.0 Å². The zero-order valence-corrected chi connectivity index (χ0v) is 17.7. The van der Waals surface area contributed by atoms with Crippen LogP contribution in [0.4, 0.5) is 8.78 Å². The zero-order valence-electron chi connectivity index (χ0n) is 17.7. The van der Waals surface area contributed by atoms with E-state index in [0.717, 1.165) is 25.9 Å². The molecule has 32 heavy (non-hydrogen) atoms. The molecule has 0 radical (unpaired) electrons. The van der Waals surface area contributed by atoms with E-state index in [1.165, 1.54) is 28.2 Å². The van der Waals surface area contributed by atoms with Crippen molar-refractivity contribution in [2.24, 2.45) is 0 Å². The maximum absolute atomic E-state index is 12.7. The van der Waals surface area contributed by atoms with Gasteiger partial charge in [0.1, 0.15) is 5.75 Å². The summed E-state index contributed by atoms with van der Waals surface area (Å²) < 4.78 is 35.3. The van der Waals surface area contributed by atoms with Crippen molar-refractivity contribution in [3.05, 3.63) is 65.7 Å². The second-order valence-corrected chi connectivity index (χ2v) is 8.15. The standard InChI is InChI=1S/C24H24F2N4O2/c1-15-22(17-6-2-4-8-19(17)27-15)16-10-12-30(13-11-16)14-21-28-23(29-32-21)18-7-3-5-9-20(18)31-24(25)26/h2-9,16,24,27H,10-14H2,1H3. The monoisotopic (exact) mass is 438 g/mol. The summed E-state index contributed by atoms with van der Waals surface area (Å²) in [5, 5.41) is 5.29. The third kappa shape index (κ3) is 4.10. The Balaban J connectivity index is 1.25. The van der Waals surface area contributed by atoms with Gasteiger partial charge in [-0.15, -0.1) is 0 Å². The predicted octanol–water partition coefficient (Wildman–Crippen LogP) is 5.51. The molecule has 3 heterocycles. The minimum atomic E-state index is -2.91. The maximum atomic E-state index is 12.7. The SMILES string of the molecule is Cc1[nH]c2ccccc2c1C1CCN(Cc2nc(-c3ccccc3OC(F)F)no2)CC1. The quantitative estimate of drug-likeness (QED) is 0.430. The molecule has 1 saturated heterocycles. The van der Waals surface area contributed by atoms with Crippen LogP contribution >= 0.6 is 0 Å². The van der Waals surface area contributed by atoms with E-state index in [1.807, 2.05) is 0 Å². The number of para-hydroxylation sites is 2. The highest BCUT2D eigenvalue weighted by Crippen LogP contribution is 2.36. The van der Waals surface area contributed by atoms with Crippen LogP contribution in [0.2, 0.25) is 0 Å². The molecule has 4 aromatic rings. The molecule has 1 aliphatic rings. The van der Waals surface area contributed by atoms with E-state index < -0.39 is 6.61 Å². The number of H-pyrrole nitrogens is 1. The van der Waals surface area contributed by atoms with Crippen LogP contribution in [0.15, 0.2) is 53.1 Å². The van der Waals surface area contributed by atoms with Gasteiger partial charge in [0, 0.05) is 16.6 Å². The Morgan fingerprint density at radius 2 is 1.88 bits per heavy atom. The van der Waals surface area contributed by atoms with Gasteiger partial charge in [0.25, 0.3) is 0 Å². The van der Waals surface area contributed by atoms with E-state index in [9.17, 15) is 8.78 Å². The van der Waals surface area contributed by atoms with Crippen LogP contribution in [0.1, 0.15) is 35.9 Å². The molecule has 0 unspecified atom stereocenters. The molecule has 166 valence electrons. The molecule has 0 bridgehead atoms. The first kappa shape index (κ1) is 20.6. The largest absolute Gasteiger partial charge is 0.434 e. The van der Waals surface area contributed by atoms with Crippen LogP contribution in [0.25, 0.3) is 22.3 Å². The third-order valence-electron chi connectivity index (χ3n) is 6.11. The first-order valence-electron chi connectivity index (χ1n) is 10.7. The van der Waals surface area contributed by atoms with Gasteiger partial charge in [-0.1, -0.05) is 35.5 Å². The van der Waals surface area contributed by atoms with Gasteiger partial charge in [0.05, 0.1) is 12.1 Å². The smallest absolute Gasteiger partial charge is 0.387 e. The number of likely N-dealkylation sites (tertiary alicyclic amines) is 1. The second kappa shape index (κ2) is 8.70. The Morgan fingerprint density at radius 3 is 2.69 bits per heavy atom. The van der Waals surface area contributed by atoms with Gasteiger partial charge in [-0.25, -0.2) is 0 Å². The Kier molecular flexibility index (Phi) is 5.61. The van der Waals surface area contributed by atoms with Crippen molar-refractivity contribution in [3.63, 3.8) is 0 Å². The maximum Gasteiger partial charge on any atom is 0.387 e. The van der Waals surface area contributed by atoms with Crippen molar-refractivity contribution in [2.75, 3.05) is 13.1 Å². The van der Waals surface area contributed by atoms with Crippen LogP contribution in [0.5, 0.6) is 5.75 Å². The minimum absolute atomic E-state index is 0.0322. The number of nitrogens with one attached hydrogen (secondary N) is 1. The normalized spacial score (nSPS) is 15.6.